The number of rotatable bonds is 5. The van der Waals surface area contributed by atoms with Crippen molar-refractivity contribution in [3.8, 4) is 0 Å². The molecule has 0 unspecified atom stereocenters. The molecule has 0 amide bonds. The smallest absolute Gasteiger partial charge is 0.0456 e. The van der Waals surface area contributed by atoms with Gasteiger partial charge in [-0.2, -0.15) is 0 Å². The van der Waals surface area contributed by atoms with E-state index in [2.05, 4.69) is 53.3 Å². The van der Waals surface area contributed by atoms with Crippen LogP contribution in [0.1, 0.15) is 11.1 Å². The van der Waals surface area contributed by atoms with Crippen molar-refractivity contribution in [2.24, 2.45) is 0 Å². The van der Waals surface area contributed by atoms with Crippen LogP contribution < -0.4 is 0 Å². The van der Waals surface area contributed by atoms with E-state index in [0.717, 1.165) is 24.5 Å². The van der Waals surface area contributed by atoms with Crippen LogP contribution in [0.5, 0.6) is 0 Å². The normalized spacial score (nSPS) is 11.4. The Morgan fingerprint density at radius 2 is 1.86 bits per heavy atom. The molecule has 0 saturated carbocycles. The summed E-state index contributed by atoms with van der Waals surface area (Å²) in [6.07, 6.45) is 3.06. The third-order valence-electron chi connectivity index (χ3n) is 3.81. The summed E-state index contributed by atoms with van der Waals surface area (Å²) in [5.74, 6) is 0. The van der Waals surface area contributed by atoms with Gasteiger partial charge in [0.15, 0.2) is 0 Å². The first kappa shape index (κ1) is 14.2. The van der Waals surface area contributed by atoms with Gasteiger partial charge in [0.2, 0.25) is 0 Å². The molecule has 1 N–H and O–H groups in total. The molecule has 0 aliphatic rings. The average Bonchev–Trinajstić information content (AvgIpc) is 2.96. The molecule has 108 valence electrons. The Hall–Kier alpha value is -1.77. The number of halogens is 1. The quantitative estimate of drug-likeness (QED) is 0.735. The average molecular weight is 299 g/mol. The van der Waals surface area contributed by atoms with Crippen molar-refractivity contribution >= 4 is 22.5 Å². The number of nitrogens with zero attached hydrogens (tertiary/aromatic N) is 1. The first-order chi connectivity index (χ1) is 10.2. The highest BCUT2D eigenvalue weighted by molar-refractivity contribution is 6.30. The summed E-state index contributed by atoms with van der Waals surface area (Å²) in [4.78, 5) is 5.61. The molecule has 0 fully saturated rings. The molecular formula is C18H19ClN2. The van der Waals surface area contributed by atoms with Crippen LogP contribution in [-0.2, 0) is 13.0 Å². The van der Waals surface area contributed by atoms with Gasteiger partial charge in [-0.1, -0.05) is 35.9 Å². The number of hydrogen-bond donors (Lipinski definition) is 1. The summed E-state index contributed by atoms with van der Waals surface area (Å²) in [5, 5.41) is 2.12. The van der Waals surface area contributed by atoms with Crippen LogP contribution in [0.4, 0.5) is 0 Å². The van der Waals surface area contributed by atoms with Crippen LogP contribution in [0, 0.1) is 0 Å². The molecule has 21 heavy (non-hydrogen) atoms. The Kier molecular flexibility index (Phi) is 4.28. The molecule has 2 nitrogen and oxygen atoms in total. The van der Waals surface area contributed by atoms with Crippen molar-refractivity contribution in [1.29, 1.82) is 0 Å². The van der Waals surface area contributed by atoms with Crippen molar-refractivity contribution in [2.45, 2.75) is 13.0 Å². The predicted molar refractivity (Wildman–Crippen MR) is 89.8 cm³/mol. The number of likely N-dealkylation sites (N-methyl/N-ethyl adjacent to an activating group) is 1. The molecule has 0 bridgehead atoms. The lowest BCUT2D eigenvalue weighted by atomic mass is 10.1. The van der Waals surface area contributed by atoms with Gasteiger partial charge in [0.1, 0.15) is 0 Å². The SMILES string of the molecule is CN(CCc1cccc2[nH]ccc12)Cc1ccc(Cl)cc1. The van der Waals surface area contributed by atoms with E-state index in [1.165, 1.54) is 22.0 Å². The largest absolute Gasteiger partial charge is 0.361 e. The maximum absolute atomic E-state index is 5.92. The molecule has 0 saturated heterocycles. The highest BCUT2D eigenvalue weighted by Crippen LogP contribution is 2.18. The molecule has 1 heterocycles. The maximum atomic E-state index is 5.92. The van der Waals surface area contributed by atoms with Gasteiger partial charge in [0.05, 0.1) is 0 Å². The number of aromatic amines is 1. The molecule has 3 aromatic rings. The Morgan fingerprint density at radius 1 is 1.05 bits per heavy atom. The molecule has 2 aromatic carbocycles. The van der Waals surface area contributed by atoms with Gasteiger partial charge in [0.25, 0.3) is 0 Å². The zero-order chi connectivity index (χ0) is 14.7. The van der Waals surface area contributed by atoms with Gasteiger partial charge in [-0.3, -0.25) is 0 Å². The van der Waals surface area contributed by atoms with E-state index < -0.39 is 0 Å². The fraction of sp³-hybridized carbons (Fsp3) is 0.222. The first-order valence-electron chi connectivity index (χ1n) is 7.20. The monoisotopic (exact) mass is 298 g/mol. The summed E-state index contributed by atoms with van der Waals surface area (Å²) in [7, 11) is 2.16. The highest BCUT2D eigenvalue weighted by atomic mass is 35.5. The minimum absolute atomic E-state index is 0.792. The van der Waals surface area contributed by atoms with Crippen molar-refractivity contribution in [2.75, 3.05) is 13.6 Å². The lowest BCUT2D eigenvalue weighted by Gasteiger charge is -2.17. The Balaban J connectivity index is 1.62. The van der Waals surface area contributed by atoms with Gasteiger partial charge in [0, 0.05) is 35.2 Å². The molecule has 0 aliphatic heterocycles. The molecule has 0 atom stereocenters. The van der Waals surface area contributed by atoms with Gasteiger partial charge in [-0.25, -0.2) is 0 Å². The minimum Gasteiger partial charge on any atom is -0.361 e. The van der Waals surface area contributed by atoms with Crippen molar-refractivity contribution < 1.29 is 0 Å². The highest BCUT2D eigenvalue weighted by Gasteiger charge is 2.04. The van der Waals surface area contributed by atoms with Gasteiger partial charge < -0.3 is 9.88 Å². The van der Waals surface area contributed by atoms with Crippen LogP contribution >= 0.6 is 11.6 Å². The number of nitrogens with one attached hydrogen (secondary N) is 1. The number of aromatic nitrogens is 1. The molecule has 0 radical (unpaired) electrons. The van der Waals surface area contributed by atoms with Gasteiger partial charge in [-0.15, -0.1) is 0 Å². The third kappa shape index (κ3) is 3.46. The fourth-order valence-electron chi connectivity index (χ4n) is 2.66. The van der Waals surface area contributed by atoms with Gasteiger partial charge >= 0.3 is 0 Å². The van der Waals surface area contributed by atoms with E-state index in [-0.39, 0.29) is 0 Å². The van der Waals surface area contributed by atoms with Crippen LogP contribution in [-0.4, -0.2) is 23.5 Å². The number of benzene rings is 2. The molecule has 3 heteroatoms. The molecule has 0 spiro atoms. The number of hydrogen-bond acceptors (Lipinski definition) is 1. The lowest BCUT2D eigenvalue weighted by Crippen LogP contribution is -2.20. The van der Waals surface area contributed by atoms with E-state index in [1.54, 1.807) is 0 Å². The summed E-state index contributed by atoms with van der Waals surface area (Å²) in [6.45, 7) is 1.98. The number of H-pyrrole nitrogens is 1. The summed E-state index contributed by atoms with van der Waals surface area (Å²) in [6, 6.07) is 16.7. The molecule has 1 aromatic heterocycles. The van der Waals surface area contributed by atoms with E-state index >= 15 is 0 Å². The van der Waals surface area contributed by atoms with E-state index in [9.17, 15) is 0 Å². The number of fused-ring (bicyclic) bond motifs is 1. The lowest BCUT2D eigenvalue weighted by molar-refractivity contribution is 0.331. The molecular weight excluding hydrogens is 280 g/mol. The zero-order valence-electron chi connectivity index (χ0n) is 12.1. The summed E-state index contributed by atoms with van der Waals surface area (Å²) in [5.41, 5.74) is 3.91. The summed E-state index contributed by atoms with van der Waals surface area (Å²) < 4.78 is 0. The van der Waals surface area contributed by atoms with E-state index in [0.29, 0.717) is 0 Å². The van der Waals surface area contributed by atoms with Crippen LogP contribution in [0.3, 0.4) is 0 Å². The van der Waals surface area contributed by atoms with Crippen LogP contribution in [0.25, 0.3) is 10.9 Å². The first-order valence-corrected chi connectivity index (χ1v) is 7.58. The van der Waals surface area contributed by atoms with Crippen LogP contribution in [0.15, 0.2) is 54.7 Å². The van der Waals surface area contributed by atoms with E-state index in [1.807, 2.05) is 18.3 Å². The Labute approximate surface area is 130 Å². The van der Waals surface area contributed by atoms with Gasteiger partial charge in [-0.05, 0) is 48.9 Å². The Bertz CT molecular complexity index is 715. The second-order valence-corrected chi connectivity index (χ2v) is 5.91. The predicted octanol–water partition coefficient (Wildman–Crippen LogP) is 4.50. The van der Waals surface area contributed by atoms with Crippen molar-refractivity contribution in [3.63, 3.8) is 0 Å². The molecule has 0 aliphatic carbocycles. The third-order valence-corrected chi connectivity index (χ3v) is 4.07. The second kappa shape index (κ2) is 6.33. The summed E-state index contributed by atoms with van der Waals surface area (Å²) >= 11 is 5.92. The topological polar surface area (TPSA) is 19.0 Å². The standard InChI is InChI=1S/C18H19ClN2/c1-21(13-14-5-7-16(19)8-6-14)12-10-15-3-2-4-18-17(15)9-11-20-18/h2-9,11,20H,10,12-13H2,1H3. The zero-order valence-corrected chi connectivity index (χ0v) is 12.9. The van der Waals surface area contributed by atoms with E-state index in [4.69, 9.17) is 11.6 Å². The van der Waals surface area contributed by atoms with Crippen molar-refractivity contribution in [1.82, 2.24) is 9.88 Å². The van der Waals surface area contributed by atoms with Crippen LogP contribution in [0.2, 0.25) is 5.02 Å². The second-order valence-electron chi connectivity index (χ2n) is 5.47. The van der Waals surface area contributed by atoms with Crippen molar-refractivity contribution in [3.05, 3.63) is 70.9 Å². The maximum Gasteiger partial charge on any atom is 0.0456 e. The fourth-order valence-corrected chi connectivity index (χ4v) is 2.79. The molecule has 3 rings (SSSR count). The Morgan fingerprint density at radius 3 is 2.67 bits per heavy atom. The minimum atomic E-state index is 0.792.